The van der Waals surface area contributed by atoms with Crippen LogP contribution >= 0.6 is 22.7 Å². The van der Waals surface area contributed by atoms with Gasteiger partial charge in [0, 0.05) is 13.1 Å². The molecular formula is C11H10N6S2. The minimum Gasteiger partial charge on any atom is -0.375 e. The predicted molar refractivity (Wildman–Crippen MR) is 77.2 cm³/mol. The Morgan fingerprint density at radius 1 is 1.32 bits per heavy atom. The van der Waals surface area contributed by atoms with Gasteiger partial charge in [-0.25, -0.2) is 9.67 Å². The van der Waals surface area contributed by atoms with Crippen molar-refractivity contribution in [1.29, 1.82) is 0 Å². The van der Waals surface area contributed by atoms with Crippen molar-refractivity contribution in [3.05, 3.63) is 29.8 Å². The summed E-state index contributed by atoms with van der Waals surface area (Å²) in [6.07, 6.45) is 1.68. The van der Waals surface area contributed by atoms with Crippen molar-refractivity contribution in [2.75, 3.05) is 5.73 Å². The maximum atomic E-state index is 5.76. The van der Waals surface area contributed by atoms with Crippen LogP contribution in [0.15, 0.2) is 40.0 Å². The number of nitrogens with zero attached hydrogens (tertiary/aromatic N) is 5. The normalized spacial score (nSPS) is 11.4. The Morgan fingerprint density at radius 2 is 2.21 bits per heavy atom. The maximum Gasteiger partial charge on any atom is 0.182 e. The smallest absolute Gasteiger partial charge is 0.182 e. The summed E-state index contributed by atoms with van der Waals surface area (Å²) in [5.41, 5.74) is 6.54. The van der Waals surface area contributed by atoms with Crippen molar-refractivity contribution in [1.82, 2.24) is 14.8 Å². The van der Waals surface area contributed by atoms with Gasteiger partial charge >= 0.3 is 0 Å². The minimum atomic E-state index is 0.488. The molecule has 3 heterocycles. The molecule has 2 N–H and O–H groups in total. The lowest BCUT2D eigenvalue weighted by Crippen LogP contribution is -1.86. The summed E-state index contributed by atoms with van der Waals surface area (Å²) in [6.45, 7) is 0. The van der Waals surface area contributed by atoms with Crippen LogP contribution < -0.4 is 5.73 Å². The van der Waals surface area contributed by atoms with Gasteiger partial charge < -0.3 is 5.73 Å². The molecule has 0 aliphatic rings. The molecule has 0 saturated heterocycles. The number of thiazole rings is 1. The Morgan fingerprint density at radius 3 is 2.89 bits per heavy atom. The summed E-state index contributed by atoms with van der Waals surface area (Å²) in [6, 6.07) is 5.75. The Bertz CT molecular complexity index is 709. The third kappa shape index (κ3) is 2.40. The molecule has 8 heteroatoms. The molecule has 6 nitrogen and oxygen atoms in total. The fourth-order valence-electron chi connectivity index (χ4n) is 1.53. The second-order valence-corrected chi connectivity index (χ2v) is 5.65. The van der Waals surface area contributed by atoms with Crippen LogP contribution in [0.1, 0.15) is 0 Å². The van der Waals surface area contributed by atoms with E-state index in [0.29, 0.717) is 16.0 Å². The molecule has 0 aliphatic carbocycles. The molecule has 0 saturated carbocycles. The van der Waals surface area contributed by atoms with Crippen molar-refractivity contribution in [2.24, 2.45) is 17.3 Å². The number of azo groups is 1. The summed E-state index contributed by atoms with van der Waals surface area (Å²) in [5.74, 6) is 0.684. The number of rotatable bonds is 3. The molecule has 0 aromatic carbocycles. The zero-order valence-corrected chi connectivity index (χ0v) is 11.6. The van der Waals surface area contributed by atoms with E-state index in [1.54, 1.807) is 28.3 Å². The van der Waals surface area contributed by atoms with E-state index in [-0.39, 0.29) is 0 Å². The lowest BCUT2D eigenvalue weighted by atomic mass is 10.4. The Hall–Kier alpha value is -2.06. The van der Waals surface area contributed by atoms with Gasteiger partial charge in [0.2, 0.25) is 0 Å². The van der Waals surface area contributed by atoms with E-state index in [1.807, 2.05) is 24.6 Å². The van der Waals surface area contributed by atoms with Crippen LogP contribution in [0, 0.1) is 0 Å². The number of aryl methyl sites for hydroxylation is 1. The van der Waals surface area contributed by atoms with Crippen LogP contribution in [0.5, 0.6) is 0 Å². The second kappa shape index (κ2) is 4.90. The average Bonchev–Trinajstić information content (AvgIpc) is 3.07. The minimum absolute atomic E-state index is 0.488. The standard InChI is InChI=1S/C11H10N6S2/c1-17-8(4-5-13-17)15-16-10-9(14-11(12)19-10)7-3-2-6-18-7/h2-6H,1H3,(H2,12,14). The number of nitrogens with two attached hydrogens (primary N) is 1. The fraction of sp³-hybridized carbons (Fsp3) is 0.0909. The first-order valence-electron chi connectivity index (χ1n) is 5.44. The van der Waals surface area contributed by atoms with Gasteiger partial charge in [0.05, 0.1) is 11.1 Å². The first-order valence-corrected chi connectivity index (χ1v) is 7.13. The van der Waals surface area contributed by atoms with Gasteiger partial charge in [0.25, 0.3) is 0 Å². The number of hydrogen-bond donors (Lipinski definition) is 1. The highest BCUT2D eigenvalue weighted by Crippen LogP contribution is 2.39. The molecule has 0 spiro atoms. The lowest BCUT2D eigenvalue weighted by molar-refractivity contribution is 0.764. The monoisotopic (exact) mass is 290 g/mol. The maximum absolute atomic E-state index is 5.76. The molecule has 3 aromatic heterocycles. The Kier molecular flexibility index (Phi) is 3.10. The van der Waals surface area contributed by atoms with Crippen LogP contribution in [0.4, 0.5) is 16.0 Å². The van der Waals surface area contributed by atoms with Crippen LogP contribution in [-0.2, 0) is 7.05 Å². The first-order chi connectivity index (χ1) is 9.24. The molecular weight excluding hydrogens is 280 g/mol. The zero-order valence-electron chi connectivity index (χ0n) is 10.0. The van der Waals surface area contributed by atoms with Crippen LogP contribution in [0.3, 0.4) is 0 Å². The average molecular weight is 290 g/mol. The van der Waals surface area contributed by atoms with Gasteiger partial charge in [-0.2, -0.15) is 5.10 Å². The third-order valence-electron chi connectivity index (χ3n) is 2.42. The summed E-state index contributed by atoms with van der Waals surface area (Å²) in [5, 5.41) is 15.6. The first kappa shape index (κ1) is 12.0. The van der Waals surface area contributed by atoms with Gasteiger partial charge in [-0.05, 0) is 11.4 Å². The van der Waals surface area contributed by atoms with Crippen molar-refractivity contribution in [2.45, 2.75) is 0 Å². The number of anilines is 1. The predicted octanol–water partition coefficient (Wildman–Crippen LogP) is 3.60. The van der Waals surface area contributed by atoms with E-state index in [9.17, 15) is 0 Å². The molecule has 0 atom stereocenters. The quantitative estimate of drug-likeness (QED) is 0.748. The van der Waals surface area contributed by atoms with E-state index >= 15 is 0 Å². The van der Waals surface area contributed by atoms with E-state index in [0.717, 1.165) is 10.6 Å². The van der Waals surface area contributed by atoms with Crippen molar-refractivity contribution in [3.63, 3.8) is 0 Å². The van der Waals surface area contributed by atoms with Gasteiger partial charge in [-0.3, -0.25) is 0 Å². The van der Waals surface area contributed by atoms with Gasteiger partial charge in [0.15, 0.2) is 16.0 Å². The molecule has 0 unspecified atom stereocenters. The van der Waals surface area contributed by atoms with Crippen molar-refractivity contribution in [3.8, 4) is 10.6 Å². The number of hydrogen-bond acceptors (Lipinski definition) is 7. The van der Waals surface area contributed by atoms with Crippen LogP contribution in [0.25, 0.3) is 10.6 Å². The third-order valence-corrected chi connectivity index (χ3v) is 4.06. The van der Waals surface area contributed by atoms with Crippen LogP contribution in [-0.4, -0.2) is 14.8 Å². The summed E-state index contributed by atoms with van der Waals surface area (Å²) < 4.78 is 1.65. The highest BCUT2D eigenvalue weighted by Gasteiger charge is 2.12. The molecule has 96 valence electrons. The van der Waals surface area contributed by atoms with Gasteiger partial charge in [-0.1, -0.05) is 17.4 Å². The van der Waals surface area contributed by atoms with Crippen LogP contribution in [0.2, 0.25) is 0 Å². The number of aromatic nitrogens is 3. The molecule has 0 amide bonds. The summed E-state index contributed by atoms with van der Waals surface area (Å²) in [4.78, 5) is 5.34. The highest BCUT2D eigenvalue weighted by molar-refractivity contribution is 7.20. The van der Waals surface area contributed by atoms with Gasteiger partial charge in [-0.15, -0.1) is 21.6 Å². The fourth-order valence-corrected chi connectivity index (χ4v) is 2.98. The summed E-state index contributed by atoms with van der Waals surface area (Å²) >= 11 is 2.92. The molecule has 0 bridgehead atoms. The molecule has 19 heavy (non-hydrogen) atoms. The van der Waals surface area contributed by atoms with E-state index in [4.69, 9.17) is 5.73 Å². The largest absolute Gasteiger partial charge is 0.375 e. The van der Waals surface area contributed by atoms with E-state index in [2.05, 4.69) is 20.3 Å². The summed E-state index contributed by atoms with van der Waals surface area (Å²) in [7, 11) is 1.82. The lowest BCUT2D eigenvalue weighted by Gasteiger charge is -1.93. The number of nitrogen functional groups attached to an aromatic ring is 1. The zero-order chi connectivity index (χ0) is 13.2. The molecule has 0 radical (unpaired) electrons. The SMILES string of the molecule is Cn1nccc1N=Nc1sc(N)nc1-c1cccs1. The van der Waals surface area contributed by atoms with Crippen molar-refractivity contribution >= 4 is 38.6 Å². The molecule has 3 aromatic rings. The molecule has 0 aliphatic heterocycles. The Balaban J connectivity index is 1.98. The molecule has 0 fully saturated rings. The highest BCUT2D eigenvalue weighted by atomic mass is 32.1. The van der Waals surface area contributed by atoms with Gasteiger partial charge in [0.1, 0.15) is 5.69 Å². The Labute approximate surface area is 117 Å². The van der Waals surface area contributed by atoms with E-state index in [1.165, 1.54) is 11.3 Å². The molecule has 3 rings (SSSR count). The second-order valence-electron chi connectivity index (χ2n) is 3.70. The number of thiophene rings is 1. The van der Waals surface area contributed by atoms with E-state index < -0.39 is 0 Å². The van der Waals surface area contributed by atoms with Crippen molar-refractivity contribution < 1.29 is 0 Å². The topological polar surface area (TPSA) is 81.5 Å².